The molecule has 1 saturated carbocycles. The summed E-state index contributed by atoms with van der Waals surface area (Å²) in [7, 11) is 0. The zero-order valence-corrected chi connectivity index (χ0v) is 22.1. The van der Waals surface area contributed by atoms with Crippen LogP contribution in [-0.4, -0.2) is 104 Å². The van der Waals surface area contributed by atoms with Gasteiger partial charge in [-0.3, -0.25) is 4.79 Å². The molecule has 10 atom stereocenters. The molecule has 1 aromatic carbocycles. The van der Waals surface area contributed by atoms with E-state index < -0.39 is 85.1 Å². The number of hydrogen-bond donors (Lipinski definition) is 6. The summed E-state index contributed by atoms with van der Waals surface area (Å²) in [5.41, 5.74) is -1.21. The van der Waals surface area contributed by atoms with Crippen molar-refractivity contribution in [1.29, 1.82) is 0 Å². The standard InChI is InChI=1S/C27H32O14/c1-12(29)41-27(2)9-16(38-18(31)8-5-13-3-6-14(30)7-4-13)19-15(24(35)36)11-37-25(20(19)27)40-26-23(34)22(33)21(32)17(10-28)39-26/h3-8,11,16-17,19-23,25-26,28,30,32-34H,9-10H2,1-2H3,(H,35,36)/t16-,17-,19+,20-,21-,22+,23-,25+,26+,27+/m1/s1. The Morgan fingerprint density at radius 2 is 1.76 bits per heavy atom. The summed E-state index contributed by atoms with van der Waals surface area (Å²) in [4.78, 5) is 37.1. The highest BCUT2D eigenvalue weighted by molar-refractivity contribution is 5.89. The zero-order chi connectivity index (χ0) is 30.1. The molecule has 0 amide bonds. The van der Waals surface area contributed by atoms with Gasteiger partial charge in [-0.05, 0) is 30.7 Å². The van der Waals surface area contributed by atoms with Gasteiger partial charge in [-0.1, -0.05) is 12.1 Å². The summed E-state index contributed by atoms with van der Waals surface area (Å²) in [5, 5.41) is 59.5. The number of benzene rings is 1. The predicted molar refractivity (Wildman–Crippen MR) is 134 cm³/mol. The van der Waals surface area contributed by atoms with Crippen molar-refractivity contribution in [2.75, 3.05) is 6.61 Å². The highest BCUT2D eigenvalue weighted by atomic mass is 16.8. The van der Waals surface area contributed by atoms with Crippen LogP contribution in [0.1, 0.15) is 25.8 Å². The van der Waals surface area contributed by atoms with Crippen molar-refractivity contribution in [3.8, 4) is 5.75 Å². The third-order valence-electron chi connectivity index (χ3n) is 7.39. The van der Waals surface area contributed by atoms with Gasteiger partial charge in [-0.25, -0.2) is 9.59 Å². The van der Waals surface area contributed by atoms with Gasteiger partial charge in [0.05, 0.1) is 24.4 Å². The number of fused-ring (bicyclic) bond motifs is 1. The molecule has 224 valence electrons. The lowest BCUT2D eigenvalue weighted by Gasteiger charge is -2.44. The minimum atomic E-state index is -1.79. The molecule has 4 rings (SSSR count). The molecule has 1 aliphatic carbocycles. The van der Waals surface area contributed by atoms with Gasteiger partial charge >= 0.3 is 17.9 Å². The van der Waals surface area contributed by atoms with Crippen LogP contribution in [0.3, 0.4) is 0 Å². The Morgan fingerprint density at radius 1 is 1.07 bits per heavy atom. The Kier molecular flexibility index (Phi) is 9.01. The Hall–Kier alpha value is -3.53. The number of phenols is 1. The SMILES string of the molecule is CC(=O)O[C@@]1(C)C[C@@H](OC(=O)C=Cc2ccc(O)cc2)[C@@H]2C(C(=O)O)=CO[C@@H](O[C@@H]3O[C@H](CO)[C@@H](O)[C@H](O)[C@H]3O)[C@@H]21. The van der Waals surface area contributed by atoms with E-state index in [9.17, 15) is 45.0 Å². The zero-order valence-electron chi connectivity index (χ0n) is 22.1. The number of carboxylic acid groups (broad SMARTS) is 1. The highest BCUT2D eigenvalue weighted by Crippen LogP contribution is 2.52. The molecule has 0 radical (unpaired) electrons. The van der Waals surface area contributed by atoms with Crippen LogP contribution in [0.4, 0.5) is 0 Å². The van der Waals surface area contributed by atoms with E-state index in [1.165, 1.54) is 25.1 Å². The van der Waals surface area contributed by atoms with Crippen LogP contribution in [0.5, 0.6) is 5.75 Å². The van der Waals surface area contributed by atoms with Crippen molar-refractivity contribution in [3.05, 3.63) is 47.7 Å². The Morgan fingerprint density at radius 3 is 2.37 bits per heavy atom. The number of esters is 2. The van der Waals surface area contributed by atoms with Crippen LogP contribution < -0.4 is 0 Å². The number of aliphatic hydroxyl groups is 4. The molecule has 0 unspecified atom stereocenters. The van der Waals surface area contributed by atoms with E-state index in [0.717, 1.165) is 19.3 Å². The first-order chi connectivity index (χ1) is 19.3. The van der Waals surface area contributed by atoms with Crippen LogP contribution in [0.15, 0.2) is 42.2 Å². The number of carbonyl (C=O) groups is 3. The van der Waals surface area contributed by atoms with Gasteiger partial charge in [0.15, 0.2) is 6.29 Å². The van der Waals surface area contributed by atoms with Gasteiger partial charge in [0, 0.05) is 25.3 Å². The fraction of sp³-hybridized carbons (Fsp3) is 0.519. The monoisotopic (exact) mass is 580 g/mol. The first-order valence-electron chi connectivity index (χ1n) is 12.8. The minimum Gasteiger partial charge on any atom is -0.508 e. The van der Waals surface area contributed by atoms with Crippen LogP contribution in [0.25, 0.3) is 6.08 Å². The molecule has 3 aliphatic rings. The van der Waals surface area contributed by atoms with Crippen molar-refractivity contribution in [2.24, 2.45) is 11.8 Å². The van der Waals surface area contributed by atoms with Crippen molar-refractivity contribution in [1.82, 2.24) is 0 Å². The topological polar surface area (TPSA) is 219 Å². The molecule has 1 aromatic rings. The number of phenolic OH excluding ortho intramolecular Hbond substituents is 1. The van der Waals surface area contributed by atoms with Gasteiger partial charge in [0.1, 0.15) is 41.9 Å². The van der Waals surface area contributed by atoms with E-state index in [4.69, 9.17) is 23.7 Å². The maximum Gasteiger partial charge on any atom is 0.335 e. The predicted octanol–water partition coefficient (Wildman–Crippen LogP) is -0.584. The van der Waals surface area contributed by atoms with E-state index >= 15 is 0 Å². The van der Waals surface area contributed by atoms with Gasteiger partial charge in [0.25, 0.3) is 0 Å². The summed E-state index contributed by atoms with van der Waals surface area (Å²) < 4.78 is 28.0. The third kappa shape index (κ3) is 6.37. The maximum atomic E-state index is 12.8. The van der Waals surface area contributed by atoms with Crippen molar-refractivity contribution in [3.63, 3.8) is 0 Å². The number of aliphatic hydroxyl groups excluding tert-OH is 4. The first kappa shape index (κ1) is 30.4. The van der Waals surface area contributed by atoms with Gasteiger partial charge in [-0.2, -0.15) is 0 Å². The fourth-order valence-corrected chi connectivity index (χ4v) is 5.54. The Bertz CT molecular complexity index is 1190. The number of hydrogen-bond acceptors (Lipinski definition) is 13. The molecule has 2 aliphatic heterocycles. The minimum absolute atomic E-state index is 0.0412. The van der Waals surface area contributed by atoms with Crippen LogP contribution in [-0.2, 0) is 38.1 Å². The largest absolute Gasteiger partial charge is 0.508 e. The number of aliphatic carboxylic acids is 1. The van der Waals surface area contributed by atoms with Crippen LogP contribution >= 0.6 is 0 Å². The molecule has 14 heteroatoms. The first-order valence-corrected chi connectivity index (χ1v) is 12.8. The number of aromatic hydroxyl groups is 1. The number of carbonyl (C=O) groups excluding carboxylic acids is 2. The van der Waals surface area contributed by atoms with Crippen molar-refractivity contribution in [2.45, 2.75) is 69.0 Å². The second-order valence-corrected chi connectivity index (χ2v) is 10.3. The van der Waals surface area contributed by atoms with E-state index in [1.54, 1.807) is 12.1 Å². The molecule has 0 aromatic heterocycles. The molecular formula is C27H32O14. The highest BCUT2D eigenvalue weighted by Gasteiger charge is 2.63. The number of carboxylic acids is 1. The molecule has 0 spiro atoms. The number of rotatable bonds is 8. The molecular weight excluding hydrogens is 548 g/mol. The maximum absolute atomic E-state index is 12.8. The summed E-state index contributed by atoms with van der Waals surface area (Å²) in [6.07, 6.45) is -7.42. The second-order valence-electron chi connectivity index (χ2n) is 10.3. The molecule has 1 saturated heterocycles. The molecule has 0 bridgehead atoms. The van der Waals surface area contributed by atoms with Crippen LogP contribution in [0.2, 0.25) is 0 Å². The molecule has 14 nitrogen and oxygen atoms in total. The molecule has 41 heavy (non-hydrogen) atoms. The average Bonchev–Trinajstić information content (AvgIpc) is 3.19. The lowest BCUT2D eigenvalue weighted by Crippen LogP contribution is -2.61. The fourth-order valence-electron chi connectivity index (χ4n) is 5.54. The normalized spacial score (nSPS) is 36.6. The summed E-state index contributed by atoms with van der Waals surface area (Å²) in [6, 6.07) is 5.98. The smallest absolute Gasteiger partial charge is 0.335 e. The lowest BCUT2D eigenvalue weighted by molar-refractivity contribution is -0.346. The van der Waals surface area contributed by atoms with Crippen molar-refractivity contribution < 1.29 is 68.7 Å². The number of ether oxygens (including phenoxy) is 5. The Balaban J connectivity index is 1.63. The van der Waals surface area contributed by atoms with Gasteiger partial charge in [0.2, 0.25) is 6.29 Å². The summed E-state index contributed by atoms with van der Waals surface area (Å²) in [5.74, 6) is -5.13. The van der Waals surface area contributed by atoms with Crippen molar-refractivity contribution >= 4 is 24.0 Å². The van der Waals surface area contributed by atoms with Gasteiger partial charge in [-0.15, -0.1) is 0 Å². The van der Waals surface area contributed by atoms with E-state index in [2.05, 4.69) is 0 Å². The lowest BCUT2D eigenvalue weighted by atomic mass is 9.80. The Labute approximate surface area is 234 Å². The average molecular weight is 581 g/mol. The quantitative estimate of drug-likeness (QED) is 0.167. The summed E-state index contributed by atoms with van der Waals surface area (Å²) >= 11 is 0. The van der Waals surface area contributed by atoms with Crippen LogP contribution in [0, 0.1) is 11.8 Å². The second kappa shape index (κ2) is 12.1. The third-order valence-corrected chi connectivity index (χ3v) is 7.39. The molecule has 2 fully saturated rings. The summed E-state index contributed by atoms with van der Waals surface area (Å²) in [6.45, 7) is 1.92. The van der Waals surface area contributed by atoms with E-state index in [-0.39, 0.29) is 17.7 Å². The van der Waals surface area contributed by atoms with E-state index in [1.807, 2.05) is 0 Å². The van der Waals surface area contributed by atoms with E-state index in [0.29, 0.717) is 5.56 Å². The molecule has 6 N–H and O–H groups in total. The molecule has 2 heterocycles. The van der Waals surface area contributed by atoms with Gasteiger partial charge < -0.3 is 54.3 Å².